The molecule has 1 atom stereocenters. The number of carbonyl (C=O) groups excluding carboxylic acids is 1. The van der Waals surface area contributed by atoms with Crippen LogP contribution in [0.2, 0.25) is 0 Å². The van der Waals surface area contributed by atoms with Crippen molar-refractivity contribution < 1.29 is 19.1 Å². The fraction of sp³-hybridized carbons (Fsp3) is 0.125. The van der Waals surface area contributed by atoms with Gasteiger partial charge in [-0.05, 0) is 17.7 Å². The predicted octanol–water partition coefficient (Wildman–Crippen LogP) is 0.860. The molecule has 1 N–H and O–H groups in total. The van der Waals surface area contributed by atoms with Crippen LogP contribution >= 0.6 is 0 Å². The zero-order valence-corrected chi connectivity index (χ0v) is 6.49. The first-order valence-electron chi connectivity index (χ1n) is 3.65. The SMILES string of the molecule is O=C1NOOC1c1cccc(F)c1. The van der Waals surface area contributed by atoms with E-state index in [1.165, 1.54) is 18.2 Å². The van der Waals surface area contributed by atoms with Crippen molar-refractivity contribution in [3.8, 4) is 0 Å². The second-order valence-corrected chi connectivity index (χ2v) is 2.58. The summed E-state index contributed by atoms with van der Waals surface area (Å²) in [5.41, 5.74) is 2.43. The van der Waals surface area contributed by atoms with E-state index in [1.54, 1.807) is 6.07 Å². The third-order valence-corrected chi connectivity index (χ3v) is 1.68. The van der Waals surface area contributed by atoms with Crippen LogP contribution in [0.3, 0.4) is 0 Å². The molecule has 5 heteroatoms. The predicted molar refractivity (Wildman–Crippen MR) is 39.5 cm³/mol. The second-order valence-electron chi connectivity index (χ2n) is 2.58. The van der Waals surface area contributed by atoms with Gasteiger partial charge in [0.15, 0.2) is 0 Å². The molecule has 1 saturated heterocycles. The molecule has 0 spiro atoms. The van der Waals surface area contributed by atoms with Gasteiger partial charge in [-0.25, -0.2) is 4.39 Å². The molecule has 1 amide bonds. The van der Waals surface area contributed by atoms with Gasteiger partial charge in [-0.3, -0.25) is 4.79 Å². The van der Waals surface area contributed by atoms with Crippen LogP contribution in [0.4, 0.5) is 4.39 Å². The van der Waals surface area contributed by atoms with E-state index in [0.717, 1.165) is 0 Å². The quantitative estimate of drug-likeness (QED) is 0.657. The van der Waals surface area contributed by atoms with Crippen molar-refractivity contribution in [1.29, 1.82) is 0 Å². The molecule has 1 fully saturated rings. The minimum Gasteiger partial charge on any atom is -0.269 e. The number of rotatable bonds is 1. The van der Waals surface area contributed by atoms with E-state index < -0.39 is 17.8 Å². The highest BCUT2D eigenvalue weighted by molar-refractivity contribution is 5.81. The molecule has 1 unspecified atom stereocenters. The largest absolute Gasteiger partial charge is 0.283 e. The first kappa shape index (κ1) is 8.15. The van der Waals surface area contributed by atoms with Crippen molar-refractivity contribution in [2.45, 2.75) is 6.10 Å². The van der Waals surface area contributed by atoms with Gasteiger partial charge in [0.05, 0.1) is 0 Å². The zero-order chi connectivity index (χ0) is 9.26. The standard InChI is InChI=1S/C8H6FNO3/c9-6-3-1-2-5(4-6)7-8(11)10-13-12-7/h1-4,7H,(H,10,11). The van der Waals surface area contributed by atoms with E-state index in [1.807, 2.05) is 5.48 Å². The van der Waals surface area contributed by atoms with E-state index in [2.05, 4.69) is 9.88 Å². The van der Waals surface area contributed by atoms with Crippen LogP contribution in [-0.4, -0.2) is 5.91 Å². The third kappa shape index (κ3) is 1.51. The van der Waals surface area contributed by atoms with Gasteiger partial charge in [0.1, 0.15) is 5.82 Å². The van der Waals surface area contributed by atoms with Crippen LogP contribution in [0.15, 0.2) is 24.3 Å². The van der Waals surface area contributed by atoms with E-state index in [4.69, 9.17) is 0 Å². The Balaban J connectivity index is 2.29. The summed E-state index contributed by atoms with van der Waals surface area (Å²) in [6.07, 6.45) is -0.879. The van der Waals surface area contributed by atoms with Crippen molar-refractivity contribution in [3.05, 3.63) is 35.6 Å². The van der Waals surface area contributed by atoms with Crippen molar-refractivity contribution >= 4 is 5.91 Å². The van der Waals surface area contributed by atoms with Crippen molar-refractivity contribution in [3.63, 3.8) is 0 Å². The van der Waals surface area contributed by atoms with Crippen LogP contribution in [0, 0.1) is 5.82 Å². The maximum absolute atomic E-state index is 12.7. The molecule has 0 radical (unpaired) electrons. The Morgan fingerprint density at radius 1 is 1.46 bits per heavy atom. The molecule has 13 heavy (non-hydrogen) atoms. The fourth-order valence-electron chi connectivity index (χ4n) is 1.09. The summed E-state index contributed by atoms with van der Waals surface area (Å²) in [5, 5.41) is 0. The highest BCUT2D eigenvalue weighted by atomic mass is 19.1. The molecular weight excluding hydrogens is 177 g/mol. The van der Waals surface area contributed by atoms with Crippen LogP contribution in [0.5, 0.6) is 0 Å². The Morgan fingerprint density at radius 2 is 2.31 bits per heavy atom. The number of hydroxylamine groups is 1. The molecule has 68 valence electrons. The van der Waals surface area contributed by atoms with Crippen LogP contribution in [-0.2, 0) is 14.7 Å². The maximum Gasteiger partial charge on any atom is 0.283 e. The Bertz CT molecular complexity index is 342. The van der Waals surface area contributed by atoms with Crippen LogP contribution in [0.1, 0.15) is 11.7 Å². The smallest absolute Gasteiger partial charge is 0.269 e. The van der Waals surface area contributed by atoms with Gasteiger partial charge in [0, 0.05) is 0 Å². The molecule has 1 aliphatic heterocycles. The minimum atomic E-state index is -0.879. The lowest BCUT2D eigenvalue weighted by molar-refractivity contribution is -0.308. The molecule has 1 heterocycles. The molecule has 4 nitrogen and oxygen atoms in total. The normalized spacial score (nSPS) is 21.6. The lowest BCUT2D eigenvalue weighted by atomic mass is 10.1. The highest BCUT2D eigenvalue weighted by Gasteiger charge is 2.29. The third-order valence-electron chi connectivity index (χ3n) is 1.68. The van der Waals surface area contributed by atoms with Gasteiger partial charge in [0.2, 0.25) is 6.10 Å². The summed E-state index contributed by atoms with van der Waals surface area (Å²) < 4.78 is 12.7. The highest BCUT2D eigenvalue weighted by Crippen LogP contribution is 2.21. The summed E-state index contributed by atoms with van der Waals surface area (Å²) in [6.45, 7) is 0. The number of nitrogens with one attached hydrogen (secondary N) is 1. The first-order chi connectivity index (χ1) is 6.27. The number of hydrogen-bond acceptors (Lipinski definition) is 3. The Morgan fingerprint density at radius 3 is 2.92 bits per heavy atom. The number of amides is 1. The molecule has 0 aromatic heterocycles. The number of carbonyl (C=O) groups is 1. The number of halogens is 1. The fourth-order valence-corrected chi connectivity index (χ4v) is 1.09. The molecule has 0 bridgehead atoms. The van der Waals surface area contributed by atoms with Gasteiger partial charge in [0.25, 0.3) is 5.91 Å². The molecule has 0 aliphatic carbocycles. The van der Waals surface area contributed by atoms with Crippen molar-refractivity contribution in [2.24, 2.45) is 0 Å². The van der Waals surface area contributed by atoms with E-state index in [9.17, 15) is 9.18 Å². The minimum absolute atomic E-state index is 0.416. The average Bonchev–Trinajstić information content (AvgIpc) is 2.51. The molecule has 1 aromatic carbocycles. The first-order valence-corrected chi connectivity index (χ1v) is 3.65. The molecule has 0 saturated carbocycles. The summed E-state index contributed by atoms with van der Waals surface area (Å²) in [5.74, 6) is -0.855. The lowest BCUT2D eigenvalue weighted by Gasteiger charge is -2.02. The van der Waals surface area contributed by atoms with E-state index in [0.29, 0.717) is 5.56 Å². The van der Waals surface area contributed by atoms with E-state index >= 15 is 0 Å². The summed E-state index contributed by atoms with van der Waals surface area (Å²) in [6, 6.07) is 5.60. The van der Waals surface area contributed by atoms with Crippen LogP contribution in [0.25, 0.3) is 0 Å². The maximum atomic E-state index is 12.7. The molecule has 1 aromatic rings. The summed E-state index contributed by atoms with van der Waals surface area (Å²) in [4.78, 5) is 19.8. The number of hydrogen-bond donors (Lipinski definition) is 1. The second kappa shape index (κ2) is 3.12. The Kier molecular flexibility index (Phi) is 1.96. The topological polar surface area (TPSA) is 47.6 Å². The number of benzene rings is 1. The summed E-state index contributed by atoms with van der Waals surface area (Å²) >= 11 is 0. The van der Waals surface area contributed by atoms with Crippen LogP contribution < -0.4 is 5.48 Å². The van der Waals surface area contributed by atoms with Gasteiger partial charge >= 0.3 is 0 Å². The lowest BCUT2D eigenvalue weighted by Crippen LogP contribution is -2.17. The summed E-state index contributed by atoms with van der Waals surface area (Å²) in [7, 11) is 0. The van der Waals surface area contributed by atoms with Crippen molar-refractivity contribution in [1.82, 2.24) is 5.48 Å². The zero-order valence-electron chi connectivity index (χ0n) is 6.49. The van der Waals surface area contributed by atoms with Gasteiger partial charge in [-0.15, -0.1) is 4.99 Å². The Hall–Kier alpha value is -1.46. The van der Waals surface area contributed by atoms with Gasteiger partial charge < -0.3 is 0 Å². The van der Waals surface area contributed by atoms with Gasteiger partial charge in [-0.2, -0.15) is 10.4 Å². The monoisotopic (exact) mass is 183 g/mol. The van der Waals surface area contributed by atoms with E-state index in [-0.39, 0.29) is 0 Å². The average molecular weight is 183 g/mol. The molecule has 1 aliphatic rings. The van der Waals surface area contributed by atoms with Crippen molar-refractivity contribution in [2.75, 3.05) is 0 Å². The molecular formula is C8H6FNO3. The Labute approximate surface area is 73.1 Å². The van der Waals surface area contributed by atoms with Gasteiger partial charge in [-0.1, -0.05) is 12.1 Å². The molecule has 2 rings (SSSR count).